The zero-order valence-corrected chi connectivity index (χ0v) is 12.8. The Kier molecular flexibility index (Phi) is 5.19. The first-order valence-corrected chi connectivity index (χ1v) is 6.57. The Labute approximate surface area is 127 Å². The highest BCUT2D eigenvalue weighted by Crippen LogP contribution is 2.25. The van der Waals surface area contributed by atoms with Gasteiger partial charge >= 0.3 is 11.9 Å². The molecule has 2 unspecified atom stereocenters. The maximum absolute atomic E-state index is 12.1. The van der Waals surface area contributed by atoms with Gasteiger partial charge in [0.25, 0.3) is 5.69 Å². The van der Waals surface area contributed by atoms with Crippen LogP contribution in [-0.2, 0) is 14.3 Å². The standard InChI is InChI=1S/C14H18N2O6/c1-8(14(2,3)4)22-13(19)11(12(17)18)10-6-5-9(7-15-10)16(20)21/h5-8,11H,1-4H3,(H,17,18). The second-order valence-corrected chi connectivity index (χ2v) is 5.91. The summed E-state index contributed by atoms with van der Waals surface area (Å²) in [7, 11) is 0. The van der Waals surface area contributed by atoms with Crippen LogP contribution in [0.3, 0.4) is 0 Å². The van der Waals surface area contributed by atoms with Gasteiger partial charge in [-0.1, -0.05) is 20.8 Å². The van der Waals surface area contributed by atoms with Crippen LogP contribution in [0.25, 0.3) is 0 Å². The fourth-order valence-electron chi connectivity index (χ4n) is 1.44. The fraction of sp³-hybridized carbons (Fsp3) is 0.500. The van der Waals surface area contributed by atoms with Crippen molar-refractivity contribution in [3.8, 4) is 0 Å². The zero-order chi connectivity index (χ0) is 17.1. The number of aliphatic carboxylic acids is 1. The molecule has 0 amide bonds. The number of nitro groups is 1. The molecule has 0 aliphatic carbocycles. The third kappa shape index (κ3) is 4.24. The van der Waals surface area contributed by atoms with Crippen LogP contribution in [0.5, 0.6) is 0 Å². The van der Waals surface area contributed by atoms with Crippen molar-refractivity contribution in [3.05, 3.63) is 34.1 Å². The average molecular weight is 310 g/mol. The summed E-state index contributed by atoms with van der Waals surface area (Å²) in [5, 5.41) is 19.8. The van der Waals surface area contributed by atoms with Gasteiger partial charge in [-0.2, -0.15) is 0 Å². The van der Waals surface area contributed by atoms with Crippen molar-refractivity contribution >= 4 is 17.6 Å². The molecule has 2 atom stereocenters. The van der Waals surface area contributed by atoms with E-state index in [0.717, 1.165) is 18.3 Å². The molecule has 1 aromatic heterocycles. The van der Waals surface area contributed by atoms with Crippen LogP contribution < -0.4 is 0 Å². The molecule has 8 nitrogen and oxygen atoms in total. The number of pyridine rings is 1. The van der Waals surface area contributed by atoms with E-state index in [1.54, 1.807) is 6.92 Å². The molecule has 0 spiro atoms. The summed E-state index contributed by atoms with van der Waals surface area (Å²) >= 11 is 0. The van der Waals surface area contributed by atoms with Gasteiger partial charge in [-0.3, -0.25) is 24.7 Å². The molecule has 0 radical (unpaired) electrons. The minimum Gasteiger partial charge on any atom is -0.480 e. The molecule has 0 saturated heterocycles. The van der Waals surface area contributed by atoms with Crippen LogP contribution in [0.15, 0.2) is 18.3 Å². The molecule has 0 bridgehead atoms. The number of carboxylic acids is 1. The number of carbonyl (C=O) groups excluding carboxylic acids is 1. The Morgan fingerprint density at radius 3 is 2.32 bits per heavy atom. The van der Waals surface area contributed by atoms with E-state index >= 15 is 0 Å². The van der Waals surface area contributed by atoms with Crippen molar-refractivity contribution in [2.75, 3.05) is 0 Å². The van der Waals surface area contributed by atoms with Gasteiger partial charge in [-0.05, 0) is 18.4 Å². The number of esters is 1. The number of carboxylic acid groups (broad SMARTS) is 1. The summed E-state index contributed by atoms with van der Waals surface area (Å²) < 4.78 is 5.18. The van der Waals surface area contributed by atoms with E-state index in [4.69, 9.17) is 4.74 Å². The first-order valence-electron chi connectivity index (χ1n) is 6.57. The summed E-state index contributed by atoms with van der Waals surface area (Å²) in [6.07, 6.45) is 0.408. The van der Waals surface area contributed by atoms with Crippen molar-refractivity contribution < 1.29 is 24.4 Å². The largest absolute Gasteiger partial charge is 0.480 e. The van der Waals surface area contributed by atoms with E-state index in [1.807, 2.05) is 20.8 Å². The highest BCUT2D eigenvalue weighted by Gasteiger charge is 2.34. The molecule has 0 aliphatic heterocycles. The third-order valence-corrected chi connectivity index (χ3v) is 3.27. The highest BCUT2D eigenvalue weighted by atomic mass is 16.6. The van der Waals surface area contributed by atoms with Gasteiger partial charge in [0.15, 0.2) is 5.92 Å². The Morgan fingerprint density at radius 2 is 1.95 bits per heavy atom. The molecule has 120 valence electrons. The lowest BCUT2D eigenvalue weighted by atomic mass is 9.90. The van der Waals surface area contributed by atoms with Crippen molar-refractivity contribution in [3.63, 3.8) is 0 Å². The molecule has 0 saturated carbocycles. The van der Waals surface area contributed by atoms with Crippen LogP contribution >= 0.6 is 0 Å². The smallest absolute Gasteiger partial charge is 0.326 e. The molecule has 1 aromatic rings. The van der Waals surface area contributed by atoms with Gasteiger partial charge in [0.2, 0.25) is 0 Å². The highest BCUT2D eigenvalue weighted by molar-refractivity contribution is 5.99. The van der Waals surface area contributed by atoms with Crippen molar-refractivity contribution in [2.24, 2.45) is 5.41 Å². The molecule has 0 aromatic carbocycles. The van der Waals surface area contributed by atoms with E-state index in [2.05, 4.69) is 4.98 Å². The van der Waals surface area contributed by atoms with Crippen LogP contribution in [0.1, 0.15) is 39.3 Å². The van der Waals surface area contributed by atoms with Crippen LogP contribution in [0.2, 0.25) is 0 Å². The Balaban J connectivity index is 3.01. The van der Waals surface area contributed by atoms with Crippen LogP contribution in [0.4, 0.5) is 5.69 Å². The number of hydrogen-bond acceptors (Lipinski definition) is 6. The van der Waals surface area contributed by atoms with Crippen molar-refractivity contribution in [1.29, 1.82) is 0 Å². The maximum Gasteiger partial charge on any atom is 0.326 e. The van der Waals surface area contributed by atoms with Gasteiger partial charge in [-0.15, -0.1) is 0 Å². The normalized spacial score (nSPS) is 14.0. The summed E-state index contributed by atoms with van der Waals surface area (Å²) in [4.78, 5) is 37.0. The van der Waals surface area contributed by atoms with Crippen LogP contribution in [0, 0.1) is 15.5 Å². The SMILES string of the molecule is CC(OC(=O)C(C(=O)O)c1ccc([N+](=O)[O-])cn1)C(C)(C)C. The molecule has 1 N–H and O–H groups in total. The van der Waals surface area contributed by atoms with Gasteiger partial charge < -0.3 is 9.84 Å². The van der Waals surface area contributed by atoms with E-state index in [-0.39, 0.29) is 16.8 Å². The minimum atomic E-state index is -1.62. The first kappa shape index (κ1) is 17.5. The monoisotopic (exact) mass is 310 g/mol. The molecule has 8 heteroatoms. The van der Waals surface area contributed by atoms with E-state index in [9.17, 15) is 24.8 Å². The molecule has 0 aliphatic rings. The predicted octanol–water partition coefficient (Wildman–Crippen LogP) is 2.14. The topological polar surface area (TPSA) is 120 Å². The summed E-state index contributed by atoms with van der Waals surface area (Å²) in [5.74, 6) is -3.99. The molecular weight excluding hydrogens is 292 g/mol. The maximum atomic E-state index is 12.1. The first-order chi connectivity index (χ1) is 10.0. The summed E-state index contributed by atoms with van der Waals surface area (Å²) in [6.45, 7) is 7.22. The number of aromatic nitrogens is 1. The third-order valence-electron chi connectivity index (χ3n) is 3.27. The second-order valence-electron chi connectivity index (χ2n) is 5.91. The quantitative estimate of drug-likeness (QED) is 0.383. The number of nitrogens with zero attached hydrogens (tertiary/aromatic N) is 2. The minimum absolute atomic E-state index is 0.107. The molecule has 0 fully saturated rings. The van der Waals surface area contributed by atoms with Gasteiger partial charge in [0.05, 0.1) is 10.6 Å². The molecule has 22 heavy (non-hydrogen) atoms. The molecule has 1 rings (SSSR count). The lowest BCUT2D eigenvalue weighted by Crippen LogP contribution is -2.33. The van der Waals surface area contributed by atoms with Gasteiger partial charge in [-0.25, -0.2) is 0 Å². The van der Waals surface area contributed by atoms with Gasteiger partial charge in [0.1, 0.15) is 12.3 Å². The van der Waals surface area contributed by atoms with E-state index < -0.39 is 28.9 Å². The predicted molar refractivity (Wildman–Crippen MR) is 76.3 cm³/mol. The average Bonchev–Trinajstić information content (AvgIpc) is 2.37. The van der Waals surface area contributed by atoms with Crippen molar-refractivity contribution in [2.45, 2.75) is 39.7 Å². The summed E-state index contributed by atoms with van der Waals surface area (Å²) in [5.41, 5.74) is -0.741. The van der Waals surface area contributed by atoms with E-state index in [1.165, 1.54) is 0 Å². The number of rotatable bonds is 5. The lowest BCUT2D eigenvalue weighted by Gasteiger charge is -2.27. The number of hydrogen-bond donors (Lipinski definition) is 1. The Morgan fingerprint density at radius 1 is 1.36 bits per heavy atom. The lowest BCUT2D eigenvalue weighted by molar-refractivity contribution is -0.385. The summed E-state index contributed by atoms with van der Waals surface area (Å²) in [6, 6.07) is 2.23. The zero-order valence-electron chi connectivity index (χ0n) is 12.8. The van der Waals surface area contributed by atoms with Crippen LogP contribution in [-0.4, -0.2) is 33.1 Å². The number of ether oxygens (including phenoxy) is 1. The molecular formula is C14H18N2O6. The number of carbonyl (C=O) groups is 2. The fourth-order valence-corrected chi connectivity index (χ4v) is 1.44. The Hall–Kier alpha value is -2.51. The van der Waals surface area contributed by atoms with E-state index in [0.29, 0.717) is 0 Å². The van der Waals surface area contributed by atoms with Crippen molar-refractivity contribution in [1.82, 2.24) is 4.98 Å². The molecule has 1 heterocycles. The Bertz CT molecular complexity index is 576. The van der Waals surface area contributed by atoms with Gasteiger partial charge in [0, 0.05) is 6.07 Å². The second kappa shape index (κ2) is 6.50.